The van der Waals surface area contributed by atoms with E-state index in [1.807, 2.05) is 52.8 Å². The molecule has 1 unspecified atom stereocenters. The Hall–Kier alpha value is -3.10. The fraction of sp³-hybridized carbons (Fsp3) is 0.600. The van der Waals surface area contributed by atoms with E-state index in [1.54, 1.807) is 20.8 Å². The molecule has 0 saturated heterocycles. The van der Waals surface area contributed by atoms with Crippen LogP contribution in [0.2, 0.25) is 0 Å². The van der Waals surface area contributed by atoms with E-state index in [0.29, 0.717) is 12.0 Å². The zero-order valence-corrected chi connectivity index (χ0v) is 21.8. The van der Waals surface area contributed by atoms with Crippen molar-refractivity contribution in [3.63, 3.8) is 0 Å². The number of nitrogens with zero attached hydrogens (tertiary/aromatic N) is 1. The van der Waals surface area contributed by atoms with Crippen LogP contribution < -0.4 is 10.6 Å². The minimum atomic E-state index is -1.04. The normalized spacial score (nSPS) is 12.4. The summed E-state index contributed by atoms with van der Waals surface area (Å²) in [5, 5.41) is 5.06. The number of amides is 3. The van der Waals surface area contributed by atoms with Crippen LogP contribution in [-0.4, -0.2) is 60.1 Å². The summed E-state index contributed by atoms with van der Waals surface area (Å²) in [5.41, 5.74) is 0.985. The highest BCUT2D eigenvalue weighted by molar-refractivity contribution is 5.92. The quantitative estimate of drug-likeness (QED) is 0.528. The van der Waals surface area contributed by atoms with Crippen LogP contribution in [-0.2, 0) is 23.9 Å². The van der Waals surface area contributed by atoms with Gasteiger partial charge in [0.15, 0.2) is 0 Å². The summed E-state index contributed by atoms with van der Waals surface area (Å²) in [4.78, 5) is 52.1. The van der Waals surface area contributed by atoms with Crippen LogP contribution in [0, 0.1) is 13.8 Å². The van der Waals surface area contributed by atoms with Crippen molar-refractivity contribution in [2.75, 3.05) is 20.2 Å². The summed E-state index contributed by atoms with van der Waals surface area (Å²) in [6.45, 7) is 13.9. The van der Waals surface area contributed by atoms with Crippen molar-refractivity contribution in [2.24, 2.45) is 0 Å². The van der Waals surface area contributed by atoms with E-state index in [9.17, 15) is 19.2 Å². The fourth-order valence-corrected chi connectivity index (χ4v) is 3.46. The van der Waals surface area contributed by atoms with E-state index in [1.165, 1.54) is 12.0 Å². The lowest BCUT2D eigenvalue weighted by atomic mass is 9.91. The summed E-state index contributed by atoms with van der Waals surface area (Å²) in [7, 11) is 1.23. The summed E-state index contributed by atoms with van der Waals surface area (Å²) < 4.78 is 9.86. The molecule has 0 fully saturated rings. The second-order valence-corrected chi connectivity index (χ2v) is 9.90. The molecule has 0 aromatic heterocycles. The van der Waals surface area contributed by atoms with E-state index in [0.717, 1.165) is 11.1 Å². The maximum absolute atomic E-state index is 13.5. The summed E-state index contributed by atoms with van der Waals surface area (Å²) in [6.07, 6.45) is -0.190. The number of carbonyl (C=O) groups excluding carboxylic acids is 4. The minimum Gasteiger partial charge on any atom is -0.468 e. The van der Waals surface area contributed by atoms with Crippen molar-refractivity contribution in [3.05, 3.63) is 34.9 Å². The summed E-state index contributed by atoms with van der Waals surface area (Å²) in [5.74, 6) is -1.59. The average Bonchev–Trinajstić information content (AvgIpc) is 2.71. The third-order valence-corrected chi connectivity index (χ3v) is 5.27. The van der Waals surface area contributed by atoms with E-state index in [-0.39, 0.29) is 13.1 Å². The van der Waals surface area contributed by atoms with Gasteiger partial charge in [-0.1, -0.05) is 36.2 Å². The Morgan fingerprint density at radius 3 is 1.97 bits per heavy atom. The molecular formula is C25H39N3O6. The van der Waals surface area contributed by atoms with Crippen LogP contribution in [0.5, 0.6) is 0 Å². The number of esters is 1. The Morgan fingerprint density at radius 1 is 0.941 bits per heavy atom. The molecule has 9 nitrogen and oxygen atoms in total. The predicted molar refractivity (Wildman–Crippen MR) is 129 cm³/mol. The van der Waals surface area contributed by atoms with Crippen molar-refractivity contribution >= 4 is 23.9 Å². The lowest BCUT2D eigenvalue weighted by molar-refractivity contribution is -0.148. The predicted octanol–water partition coefficient (Wildman–Crippen LogP) is 3.18. The Labute approximate surface area is 202 Å². The molecule has 0 spiro atoms. The van der Waals surface area contributed by atoms with Crippen molar-refractivity contribution in [1.29, 1.82) is 0 Å². The van der Waals surface area contributed by atoms with Gasteiger partial charge in [0.2, 0.25) is 11.8 Å². The van der Waals surface area contributed by atoms with Gasteiger partial charge in [-0.05, 0) is 60.5 Å². The van der Waals surface area contributed by atoms with Crippen molar-refractivity contribution in [1.82, 2.24) is 15.5 Å². The monoisotopic (exact) mass is 477 g/mol. The van der Waals surface area contributed by atoms with Gasteiger partial charge < -0.3 is 25.0 Å². The van der Waals surface area contributed by atoms with Gasteiger partial charge in [0.25, 0.3) is 0 Å². The number of hydrogen-bond acceptors (Lipinski definition) is 6. The van der Waals surface area contributed by atoms with E-state index >= 15 is 0 Å². The summed E-state index contributed by atoms with van der Waals surface area (Å²) >= 11 is 0. The fourth-order valence-electron chi connectivity index (χ4n) is 3.46. The molecule has 0 aliphatic rings. The number of aryl methyl sites for hydroxylation is 2. The molecular weight excluding hydrogens is 438 g/mol. The van der Waals surface area contributed by atoms with Gasteiger partial charge in [-0.15, -0.1) is 0 Å². The van der Waals surface area contributed by atoms with Crippen molar-refractivity contribution in [2.45, 2.75) is 79.0 Å². The Balaban J connectivity index is 3.42. The topological polar surface area (TPSA) is 114 Å². The molecule has 0 bridgehead atoms. The van der Waals surface area contributed by atoms with Gasteiger partial charge in [-0.25, -0.2) is 4.79 Å². The number of hydrogen-bond donors (Lipinski definition) is 2. The Bertz CT molecular complexity index is 884. The molecule has 9 heteroatoms. The molecule has 3 amide bonds. The van der Waals surface area contributed by atoms with Gasteiger partial charge in [-0.2, -0.15) is 0 Å². The average molecular weight is 478 g/mol. The first-order valence-corrected chi connectivity index (χ1v) is 11.3. The SMILES string of the molecule is CCC(C)(C)N(C(=O)CNC(=O)OC(C)(C)C)C(C(=O)NCC(=O)OC)c1cc(C)cc(C)c1. The highest BCUT2D eigenvalue weighted by Crippen LogP contribution is 2.32. The number of alkyl carbamates (subject to hydrolysis) is 1. The van der Waals surface area contributed by atoms with Gasteiger partial charge in [0.05, 0.1) is 7.11 Å². The van der Waals surface area contributed by atoms with Gasteiger partial charge in [0, 0.05) is 5.54 Å². The molecule has 0 saturated carbocycles. The standard InChI is InChI=1S/C25H39N3O6/c1-10-25(7,8)28(19(29)14-27-23(32)34-24(4,5)6)21(22(31)26-15-20(30)33-9)18-12-16(2)11-17(3)13-18/h11-13,21H,10,14-15H2,1-9H3,(H,26,31)(H,27,32). The molecule has 1 aromatic rings. The molecule has 2 N–H and O–H groups in total. The van der Waals surface area contributed by atoms with Gasteiger partial charge in [-0.3, -0.25) is 14.4 Å². The number of rotatable bonds is 9. The van der Waals surface area contributed by atoms with E-state index in [2.05, 4.69) is 15.4 Å². The molecule has 1 aromatic carbocycles. The number of methoxy groups -OCH3 is 1. The number of ether oxygens (including phenoxy) is 2. The van der Waals surface area contributed by atoms with Gasteiger partial charge >= 0.3 is 12.1 Å². The lowest BCUT2D eigenvalue weighted by Crippen LogP contribution is -2.56. The Morgan fingerprint density at radius 2 is 1.50 bits per heavy atom. The third-order valence-electron chi connectivity index (χ3n) is 5.27. The Kier molecular flexibility index (Phi) is 10.1. The number of benzene rings is 1. The van der Waals surface area contributed by atoms with E-state index < -0.39 is 41.1 Å². The maximum atomic E-state index is 13.5. The third kappa shape index (κ3) is 8.68. The number of carbonyl (C=O) groups is 4. The largest absolute Gasteiger partial charge is 0.468 e. The molecule has 34 heavy (non-hydrogen) atoms. The molecule has 1 rings (SSSR count). The number of nitrogens with one attached hydrogen (secondary N) is 2. The molecule has 0 aliphatic heterocycles. The molecule has 1 atom stereocenters. The zero-order valence-electron chi connectivity index (χ0n) is 21.8. The highest BCUT2D eigenvalue weighted by atomic mass is 16.6. The van der Waals surface area contributed by atoms with Crippen LogP contribution in [0.4, 0.5) is 4.79 Å². The molecule has 0 heterocycles. The van der Waals surface area contributed by atoms with Crippen LogP contribution in [0.3, 0.4) is 0 Å². The van der Waals surface area contributed by atoms with Crippen LogP contribution in [0.1, 0.15) is 70.7 Å². The van der Waals surface area contributed by atoms with Crippen LogP contribution in [0.25, 0.3) is 0 Å². The zero-order chi connectivity index (χ0) is 26.3. The first-order chi connectivity index (χ1) is 15.6. The second-order valence-electron chi connectivity index (χ2n) is 9.90. The summed E-state index contributed by atoms with van der Waals surface area (Å²) in [6, 6.07) is 4.60. The smallest absolute Gasteiger partial charge is 0.408 e. The molecule has 190 valence electrons. The van der Waals surface area contributed by atoms with Crippen molar-refractivity contribution in [3.8, 4) is 0 Å². The second kappa shape index (κ2) is 11.9. The maximum Gasteiger partial charge on any atom is 0.408 e. The van der Waals surface area contributed by atoms with Crippen LogP contribution in [0.15, 0.2) is 18.2 Å². The van der Waals surface area contributed by atoms with Gasteiger partial charge in [0.1, 0.15) is 24.7 Å². The first kappa shape index (κ1) is 28.9. The lowest BCUT2D eigenvalue weighted by Gasteiger charge is -2.43. The minimum absolute atomic E-state index is 0.332. The van der Waals surface area contributed by atoms with Crippen LogP contribution >= 0.6 is 0 Å². The first-order valence-electron chi connectivity index (χ1n) is 11.3. The highest BCUT2D eigenvalue weighted by Gasteiger charge is 2.40. The van der Waals surface area contributed by atoms with E-state index in [4.69, 9.17) is 4.74 Å². The molecule has 0 radical (unpaired) electrons. The molecule has 0 aliphatic carbocycles. The van der Waals surface area contributed by atoms with Crippen molar-refractivity contribution < 1.29 is 28.7 Å².